The standard InChI is InChI=1S/C27H28ClN5O2/c1-4-21(35)33-13-27(14-33)5-6-32(12-27)25-19(10-29)22(18-9-16(34)11-30-24(18)28)17-7-15-8-20(23(17)31-25)26(15,2)3/h4,9,11,15,20,34H,1,5-8,12-14H2,2-3H3/t15-,20-/m0/s1. The van der Waals surface area contributed by atoms with Crippen LogP contribution in [-0.2, 0) is 11.2 Å². The second kappa shape index (κ2) is 7.44. The summed E-state index contributed by atoms with van der Waals surface area (Å²) in [7, 11) is 0. The topological polar surface area (TPSA) is 93.3 Å². The molecule has 7 nitrogen and oxygen atoms in total. The van der Waals surface area contributed by atoms with Gasteiger partial charge in [0.15, 0.2) is 0 Å². The molecule has 0 radical (unpaired) electrons. The van der Waals surface area contributed by atoms with Crippen molar-refractivity contribution >= 4 is 23.3 Å². The van der Waals surface area contributed by atoms with Crippen LogP contribution in [-0.4, -0.2) is 52.1 Å². The second-order valence-electron chi connectivity index (χ2n) is 11.3. The largest absolute Gasteiger partial charge is 0.506 e. The lowest BCUT2D eigenvalue weighted by Crippen LogP contribution is -2.59. The van der Waals surface area contributed by atoms with Crippen LogP contribution >= 0.6 is 11.6 Å². The molecule has 1 saturated carbocycles. The number of anilines is 1. The fourth-order valence-electron chi connectivity index (χ4n) is 6.86. The first-order valence-corrected chi connectivity index (χ1v) is 12.5. The molecule has 180 valence electrons. The van der Waals surface area contributed by atoms with Crippen molar-refractivity contribution in [2.75, 3.05) is 31.1 Å². The summed E-state index contributed by atoms with van der Waals surface area (Å²) in [5, 5.41) is 20.9. The SMILES string of the molecule is C=CC(=O)N1CC2(CCN(c3nc4c(c(-c5cc(O)cnc5Cl)c3C#N)C[C@H]3C[C@@H]4C3(C)C)C2)C1. The Morgan fingerprint density at radius 2 is 2.14 bits per heavy atom. The summed E-state index contributed by atoms with van der Waals surface area (Å²) in [6, 6.07) is 4.04. The van der Waals surface area contributed by atoms with Crippen LogP contribution in [0.1, 0.15) is 49.4 Å². The molecule has 8 heteroatoms. The molecule has 7 rings (SSSR count). The normalized spacial score (nSPS) is 24.9. The van der Waals surface area contributed by atoms with Crippen LogP contribution in [0.4, 0.5) is 5.82 Å². The van der Waals surface area contributed by atoms with Gasteiger partial charge < -0.3 is 14.9 Å². The maximum atomic E-state index is 12.0. The molecule has 3 aliphatic carbocycles. The minimum atomic E-state index is -0.0335. The van der Waals surface area contributed by atoms with Crippen molar-refractivity contribution in [3.05, 3.63) is 46.9 Å². The van der Waals surface area contributed by atoms with Crippen molar-refractivity contribution in [1.82, 2.24) is 14.9 Å². The van der Waals surface area contributed by atoms with Crippen LogP contribution in [0.15, 0.2) is 24.9 Å². The van der Waals surface area contributed by atoms with E-state index in [4.69, 9.17) is 16.6 Å². The number of aromatic nitrogens is 2. The molecule has 4 heterocycles. The summed E-state index contributed by atoms with van der Waals surface area (Å²) in [4.78, 5) is 25.4. The Balaban J connectivity index is 1.47. The van der Waals surface area contributed by atoms with Gasteiger partial charge in [-0.15, -0.1) is 0 Å². The molecule has 1 amide bonds. The molecule has 2 aliphatic heterocycles. The van der Waals surface area contributed by atoms with Gasteiger partial charge in [0.1, 0.15) is 28.4 Å². The third kappa shape index (κ3) is 3.12. The first kappa shape index (κ1) is 22.4. The number of pyridine rings is 2. The Morgan fingerprint density at radius 1 is 1.37 bits per heavy atom. The first-order valence-electron chi connectivity index (χ1n) is 12.2. The Hall–Kier alpha value is -3.11. The predicted octanol–water partition coefficient (Wildman–Crippen LogP) is 4.28. The zero-order valence-corrected chi connectivity index (χ0v) is 20.8. The quantitative estimate of drug-likeness (QED) is 0.510. The van der Waals surface area contributed by atoms with E-state index in [9.17, 15) is 15.2 Å². The van der Waals surface area contributed by atoms with Crippen LogP contribution < -0.4 is 4.90 Å². The van der Waals surface area contributed by atoms with E-state index in [0.717, 1.165) is 49.2 Å². The Morgan fingerprint density at radius 3 is 2.83 bits per heavy atom. The zero-order valence-electron chi connectivity index (χ0n) is 20.0. The fraction of sp³-hybridized carbons (Fsp3) is 0.481. The average molecular weight is 490 g/mol. The Kier molecular flexibility index (Phi) is 4.76. The molecular weight excluding hydrogens is 462 g/mol. The van der Waals surface area contributed by atoms with Crippen LogP contribution in [0.3, 0.4) is 0 Å². The van der Waals surface area contributed by atoms with Crippen LogP contribution in [0.2, 0.25) is 5.15 Å². The summed E-state index contributed by atoms with van der Waals surface area (Å²) < 4.78 is 0. The molecule has 1 spiro atoms. The van der Waals surface area contributed by atoms with E-state index in [1.54, 1.807) is 6.07 Å². The highest BCUT2D eigenvalue weighted by Gasteiger charge is 2.55. The van der Waals surface area contributed by atoms with Gasteiger partial charge in [-0.25, -0.2) is 9.97 Å². The highest BCUT2D eigenvalue weighted by Crippen LogP contribution is 2.63. The zero-order chi connectivity index (χ0) is 24.7. The molecule has 0 unspecified atom stereocenters. The minimum absolute atomic E-state index is 0.0169. The van der Waals surface area contributed by atoms with Gasteiger partial charge in [-0.2, -0.15) is 5.26 Å². The summed E-state index contributed by atoms with van der Waals surface area (Å²) in [5.74, 6) is 1.52. The van der Waals surface area contributed by atoms with Gasteiger partial charge in [0.25, 0.3) is 0 Å². The smallest absolute Gasteiger partial charge is 0.245 e. The van der Waals surface area contributed by atoms with E-state index < -0.39 is 0 Å². The van der Waals surface area contributed by atoms with E-state index in [1.807, 2.05) is 4.90 Å². The molecule has 1 N–H and O–H groups in total. The van der Waals surface area contributed by atoms with Gasteiger partial charge in [0, 0.05) is 48.6 Å². The number of nitriles is 1. The van der Waals surface area contributed by atoms with E-state index >= 15 is 0 Å². The van der Waals surface area contributed by atoms with Crippen molar-refractivity contribution in [1.29, 1.82) is 5.26 Å². The van der Waals surface area contributed by atoms with Crippen LogP contribution in [0.25, 0.3) is 11.1 Å². The summed E-state index contributed by atoms with van der Waals surface area (Å²) in [6.45, 7) is 11.1. The van der Waals surface area contributed by atoms with Gasteiger partial charge >= 0.3 is 0 Å². The highest BCUT2D eigenvalue weighted by molar-refractivity contribution is 6.32. The van der Waals surface area contributed by atoms with Crippen molar-refractivity contribution in [2.24, 2.45) is 16.7 Å². The van der Waals surface area contributed by atoms with Crippen molar-refractivity contribution < 1.29 is 9.90 Å². The Labute approximate surface area is 210 Å². The highest BCUT2D eigenvalue weighted by atomic mass is 35.5. The molecule has 5 aliphatic rings. The van der Waals surface area contributed by atoms with Gasteiger partial charge in [-0.1, -0.05) is 32.0 Å². The monoisotopic (exact) mass is 489 g/mol. The van der Waals surface area contributed by atoms with E-state index in [2.05, 4.69) is 36.4 Å². The van der Waals surface area contributed by atoms with Crippen molar-refractivity contribution in [3.63, 3.8) is 0 Å². The Bertz CT molecular complexity index is 1320. The minimum Gasteiger partial charge on any atom is -0.506 e. The fourth-order valence-corrected chi connectivity index (χ4v) is 7.06. The van der Waals surface area contributed by atoms with Gasteiger partial charge in [-0.3, -0.25) is 4.79 Å². The third-order valence-corrected chi connectivity index (χ3v) is 9.35. The molecule has 35 heavy (non-hydrogen) atoms. The van der Waals surface area contributed by atoms with E-state index in [-0.39, 0.29) is 27.6 Å². The average Bonchev–Trinajstić information content (AvgIpc) is 3.28. The number of nitrogens with zero attached hydrogens (tertiary/aromatic N) is 5. The number of aromatic hydroxyl groups is 1. The van der Waals surface area contributed by atoms with Gasteiger partial charge in [0.2, 0.25) is 5.91 Å². The lowest BCUT2D eigenvalue weighted by Gasteiger charge is -2.57. The lowest BCUT2D eigenvalue weighted by molar-refractivity contribution is -0.136. The van der Waals surface area contributed by atoms with Crippen molar-refractivity contribution in [3.8, 4) is 22.9 Å². The number of hydrogen-bond acceptors (Lipinski definition) is 6. The number of amides is 1. The summed E-state index contributed by atoms with van der Waals surface area (Å²) >= 11 is 6.54. The molecule has 3 fully saturated rings. The number of hydrogen-bond donors (Lipinski definition) is 1. The number of rotatable bonds is 3. The van der Waals surface area contributed by atoms with E-state index in [0.29, 0.717) is 41.9 Å². The molecule has 2 bridgehead atoms. The van der Waals surface area contributed by atoms with Crippen LogP contribution in [0.5, 0.6) is 5.75 Å². The summed E-state index contributed by atoms with van der Waals surface area (Å²) in [5.41, 5.74) is 4.15. The number of likely N-dealkylation sites (tertiary alicyclic amines) is 1. The van der Waals surface area contributed by atoms with Crippen LogP contribution in [0, 0.1) is 28.1 Å². The lowest BCUT2D eigenvalue weighted by atomic mass is 9.48. The summed E-state index contributed by atoms with van der Waals surface area (Å²) in [6.07, 6.45) is 5.57. The number of halogens is 1. The number of carbonyl (C=O) groups is 1. The number of carbonyl (C=O) groups excluding carboxylic acids is 1. The molecule has 2 aromatic heterocycles. The third-order valence-electron chi connectivity index (χ3n) is 9.04. The second-order valence-corrected chi connectivity index (χ2v) is 11.6. The first-order chi connectivity index (χ1) is 16.7. The maximum absolute atomic E-state index is 12.0. The molecule has 2 atom stereocenters. The predicted molar refractivity (Wildman–Crippen MR) is 133 cm³/mol. The molecule has 0 aromatic carbocycles. The van der Waals surface area contributed by atoms with Gasteiger partial charge in [0.05, 0.1) is 11.9 Å². The van der Waals surface area contributed by atoms with E-state index in [1.165, 1.54) is 12.3 Å². The van der Waals surface area contributed by atoms with Gasteiger partial charge in [-0.05, 0) is 48.3 Å². The molecular formula is C27H28ClN5O2. The maximum Gasteiger partial charge on any atom is 0.245 e. The molecule has 2 saturated heterocycles. The molecule has 2 aromatic rings. The van der Waals surface area contributed by atoms with Crippen molar-refractivity contribution in [2.45, 2.75) is 39.0 Å².